The Hall–Kier alpha value is -0.770. The molecule has 0 aliphatic carbocycles. The number of halogens is 2. The summed E-state index contributed by atoms with van der Waals surface area (Å²) in [5.41, 5.74) is 1.61. The van der Waals surface area contributed by atoms with Crippen LogP contribution in [0.1, 0.15) is 28.8 Å². The van der Waals surface area contributed by atoms with Gasteiger partial charge in [0, 0.05) is 12.6 Å². The Morgan fingerprint density at radius 1 is 1.56 bits per heavy atom. The van der Waals surface area contributed by atoms with Crippen LogP contribution in [0, 0.1) is 6.92 Å². The Kier molecular flexibility index (Phi) is 5.93. The van der Waals surface area contributed by atoms with Crippen LogP contribution in [0.2, 0.25) is 5.02 Å². The maximum absolute atomic E-state index is 11.9. The Morgan fingerprint density at radius 2 is 2.33 bits per heavy atom. The number of benzene rings is 1. The summed E-state index contributed by atoms with van der Waals surface area (Å²) in [6.45, 7) is 3.67. The largest absolute Gasteiger partial charge is 0.350 e. The number of carbonyl (C=O) groups is 1. The number of hydrogen-bond acceptors (Lipinski definition) is 2. The van der Waals surface area contributed by atoms with Gasteiger partial charge in [0.2, 0.25) is 0 Å². The van der Waals surface area contributed by atoms with Gasteiger partial charge in [0.05, 0.1) is 10.6 Å². The topological polar surface area (TPSA) is 41.1 Å². The minimum absolute atomic E-state index is 0. The van der Waals surface area contributed by atoms with E-state index in [2.05, 4.69) is 10.6 Å². The first-order chi connectivity index (χ1) is 8.16. The molecule has 1 atom stereocenters. The van der Waals surface area contributed by atoms with Gasteiger partial charge in [0.15, 0.2) is 0 Å². The molecule has 1 unspecified atom stereocenters. The molecule has 0 radical (unpaired) electrons. The Labute approximate surface area is 119 Å². The Morgan fingerprint density at radius 3 is 2.94 bits per heavy atom. The maximum Gasteiger partial charge on any atom is 0.252 e. The first-order valence-corrected chi connectivity index (χ1v) is 6.32. The highest BCUT2D eigenvalue weighted by Gasteiger charge is 2.16. The van der Waals surface area contributed by atoms with Crippen molar-refractivity contribution in [2.24, 2.45) is 0 Å². The van der Waals surface area contributed by atoms with Crippen molar-refractivity contribution in [1.29, 1.82) is 0 Å². The van der Waals surface area contributed by atoms with E-state index in [4.69, 9.17) is 11.6 Å². The first kappa shape index (κ1) is 15.3. The molecule has 5 heteroatoms. The molecule has 1 amide bonds. The zero-order valence-electron chi connectivity index (χ0n) is 10.3. The van der Waals surface area contributed by atoms with Crippen LogP contribution in [0.15, 0.2) is 18.2 Å². The predicted molar refractivity (Wildman–Crippen MR) is 76.8 cm³/mol. The molecule has 1 aliphatic rings. The maximum atomic E-state index is 11.9. The number of nitrogens with one attached hydrogen (secondary N) is 2. The van der Waals surface area contributed by atoms with E-state index in [9.17, 15) is 4.79 Å². The van der Waals surface area contributed by atoms with Crippen LogP contribution in [-0.2, 0) is 0 Å². The van der Waals surface area contributed by atoms with Crippen molar-refractivity contribution < 1.29 is 4.79 Å². The van der Waals surface area contributed by atoms with Crippen molar-refractivity contribution in [3.8, 4) is 0 Å². The molecule has 1 fully saturated rings. The Balaban J connectivity index is 0.00000162. The second-order valence-electron chi connectivity index (χ2n) is 4.49. The van der Waals surface area contributed by atoms with E-state index in [0.29, 0.717) is 23.2 Å². The van der Waals surface area contributed by atoms with E-state index in [1.165, 1.54) is 6.42 Å². The van der Waals surface area contributed by atoms with E-state index in [0.717, 1.165) is 18.5 Å². The molecule has 2 rings (SSSR count). The molecule has 0 aromatic heterocycles. The third-order valence-corrected chi connectivity index (χ3v) is 3.35. The fraction of sp³-hybridized carbons (Fsp3) is 0.462. The highest BCUT2D eigenvalue weighted by atomic mass is 35.5. The first-order valence-electron chi connectivity index (χ1n) is 5.94. The van der Waals surface area contributed by atoms with Crippen molar-refractivity contribution in [2.75, 3.05) is 13.1 Å². The average molecular weight is 289 g/mol. The van der Waals surface area contributed by atoms with Crippen LogP contribution >= 0.6 is 24.0 Å². The van der Waals surface area contributed by atoms with Crippen molar-refractivity contribution >= 4 is 29.9 Å². The smallest absolute Gasteiger partial charge is 0.252 e. The van der Waals surface area contributed by atoms with Crippen LogP contribution in [-0.4, -0.2) is 25.0 Å². The van der Waals surface area contributed by atoms with E-state index in [1.54, 1.807) is 6.07 Å². The molecule has 1 heterocycles. The lowest BCUT2D eigenvalue weighted by Crippen LogP contribution is -2.37. The van der Waals surface area contributed by atoms with Gasteiger partial charge < -0.3 is 10.6 Å². The summed E-state index contributed by atoms with van der Waals surface area (Å²) in [6, 6.07) is 5.89. The molecule has 1 aromatic rings. The number of hydrogen-bond donors (Lipinski definition) is 2. The molecule has 18 heavy (non-hydrogen) atoms. The van der Waals surface area contributed by atoms with Gasteiger partial charge in [-0.05, 0) is 44.0 Å². The summed E-state index contributed by atoms with van der Waals surface area (Å²) >= 11 is 6.04. The summed E-state index contributed by atoms with van der Waals surface area (Å²) in [5, 5.41) is 6.77. The van der Waals surface area contributed by atoms with Crippen LogP contribution in [0.3, 0.4) is 0 Å². The number of rotatable bonds is 3. The number of aryl methyl sites for hydroxylation is 1. The van der Waals surface area contributed by atoms with Gasteiger partial charge in [-0.1, -0.05) is 17.7 Å². The van der Waals surface area contributed by atoms with E-state index < -0.39 is 0 Å². The van der Waals surface area contributed by atoms with Crippen LogP contribution in [0.4, 0.5) is 0 Å². The second kappa shape index (κ2) is 6.98. The molecule has 1 saturated heterocycles. The van der Waals surface area contributed by atoms with E-state index in [1.807, 2.05) is 19.1 Å². The SMILES string of the molecule is Cc1ccc(C(=O)NCC2CCCN2)c(Cl)c1.Cl. The van der Waals surface area contributed by atoms with E-state index >= 15 is 0 Å². The molecule has 1 aliphatic heterocycles. The van der Waals surface area contributed by atoms with Crippen LogP contribution in [0.25, 0.3) is 0 Å². The third-order valence-electron chi connectivity index (χ3n) is 3.04. The van der Waals surface area contributed by atoms with Gasteiger partial charge in [-0.2, -0.15) is 0 Å². The minimum atomic E-state index is -0.0938. The van der Waals surface area contributed by atoms with Gasteiger partial charge in [0.1, 0.15) is 0 Å². The molecular formula is C13H18Cl2N2O. The summed E-state index contributed by atoms with van der Waals surface area (Å²) in [5.74, 6) is -0.0938. The molecule has 0 bridgehead atoms. The lowest BCUT2D eigenvalue weighted by atomic mass is 10.1. The fourth-order valence-corrected chi connectivity index (χ4v) is 2.37. The molecule has 3 nitrogen and oxygen atoms in total. The highest BCUT2D eigenvalue weighted by molar-refractivity contribution is 6.33. The normalized spacial score (nSPS) is 18.2. The van der Waals surface area contributed by atoms with Crippen LogP contribution in [0.5, 0.6) is 0 Å². The van der Waals surface area contributed by atoms with Gasteiger partial charge in [0.25, 0.3) is 5.91 Å². The zero-order valence-corrected chi connectivity index (χ0v) is 11.9. The lowest BCUT2D eigenvalue weighted by Gasteiger charge is -2.12. The lowest BCUT2D eigenvalue weighted by molar-refractivity contribution is 0.0950. The van der Waals surface area contributed by atoms with Crippen molar-refractivity contribution in [3.05, 3.63) is 34.3 Å². The molecule has 0 spiro atoms. The highest BCUT2D eigenvalue weighted by Crippen LogP contribution is 2.17. The van der Waals surface area contributed by atoms with Crippen molar-refractivity contribution in [3.63, 3.8) is 0 Å². The van der Waals surface area contributed by atoms with Gasteiger partial charge >= 0.3 is 0 Å². The standard InChI is InChI=1S/C13H17ClN2O.ClH/c1-9-4-5-11(12(14)7-9)13(17)16-8-10-3-2-6-15-10;/h4-5,7,10,15H,2-3,6,8H2,1H3,(H,16,17);1H. The molecule has 1 aromatic carbocycles. The molecule has 100 valence electrons. The van der Waals surface area contributed by atoms with Gasteiger partial charge in [-0.3, -0.25) is 4.79 Å². The van der Waals surface area contributed by atoms with Gasteiger partial charge in [-0.25, -0.2) is 0 Å². The number of amides is 1. The third kappa shape index (κ3) is 3.87. The fourth-order valence-electron chi connectivity index (χ4n) is 2.05. The molecular weight excluding hydrogens is 271 g/mol. The quantitative estimate of drug-likeness (QED) is 0.898. The van der Waals surface area contributed by atoms with Crippen LogP contribution < -0.4 is 10.6 Å². The molecule has 2 N–H and O–H groups in total. The monoisotopic (exact) mass is 288 g/mol. The summed E-state index contributed by atoms with van der Waals surface area (Å²) in [6.07, 6.45) is 2.31. The van der Waals surface area contributed by atoms with Crippen molar-refractivity contribution in [2.45, 2.75) is 25.8 Å². The second-order valence-corrected chi connectivity index (χ2v) is 4.89. The summed E-state index contributed by atoms with van der Waals surface area (Å²) in [7, 11) is 0. The summed E-state index contributed by atoms with van der Waals surface area (Å²) < 4.78 is 0. The van der Waals surface area contributed by atoms with Gasteiger partial charge in [-0.15, -0.1) is 12.4 Å². The number of carbonyl (C=O) groups excluding carboxylic acids is 1. The van der Waals surface area contributed by atoms with Crippen molar-refractivity contribution in [1.82, 2.24) is 10.6 Å². The Bertz CT molecular complexity index is 417. The average Bonchev–Trinajstić information content (AvgIpc) is 2.78. The summed E-state index contributed by atoms with van der Waals surface area (Å²) in [4.78, 5) is 11.9. The zero-order chi connectivity index (χ0) is 12.3. The minimum Gasteiger partial charge on any atom is -0.350 e. The predicted octanol–water partition coefficient (Wildman–Crippen LogP) is 2.55. The van der Waals surface area contributed by atoms with E-state index in [-0.39, 0.29) is 18.3 Å². The molecule has 0 saturated carbocycles.